The van der Waals surface area contributed by atoms with Gasteiger partial charge in [-0.05, 0) is 5.56 Å². The van der Waals surface area contributed by atoms with Gasteiger partial charge in [-0.2, -0.15) is 0 Å². The van der Waals surface area contributed by atoms with Crippen molar-refractivity contribution < 1.29 is 4.79 Å². The van der Waals surface area contributed by atoms with Crippen molar-refractivity contribution in [3.05, 3.63) is 35.9 Å². The average molecular weight is 217 g/mol. The molecule has 3 N–H and O–H groups in total. The van der Waals surface area contributed by atoms with Crippen molar-refractivity contribution >= 4 is 11.7 Å². The maximum Gasteiger partial charge on any atom is 0.226 e. The maximum absolute atomic E-state index is 11.4. The van der Waals surface area contributed by atoms with Crippen molar-refractivity contribution in [2.75, 3.05) is 13.1 Å². The zero-order valence-corrected chi connectivity index (χ0v) is 9.02. The highest BCUT2D eigenvalue weighted by Gasteiger charge is 2.29. The topological polar surface area (TPSA) is 67.5 Å². The van der Waals surface area contributed by atoms with Crippen LogP contribution in [0.2, 0.25) is 0 Å². The minimum absolute atomic E-state index is 0.0321. The second-order valence-electron chi connectivity index (χ2n) is 3.77. The van der Waals surface area contributed by atoms with Crippen LogP contribution in [0.4, 0.5) is 0 Å². The maximum atomic E-state index is 11.4. The molecule has 0 aliphatic carbocycles. The Labute approximate surface area is 94.6 Å². The number of carbonyl (C=O) groups excluding carboxylic acids is 1. The van der Waals surface area contributed by atoms with E-state index >= 15 is 0 Å². The molecule has 1 fully saturated rings. The number of rotatable bonds is 3. The third-order valence-corrected chi connectivity index (χ3v) is 2.60. The van der Waals surface area contributed by atoms with Crippen molar-refractivity contribution in [3.8, 4) is 0 Å². The largest absolute Gasteiger partial charge is 0.329 e. The number of amidine groups is 1. The van der Waals surface area contributed by atoms with Crippen LogP contribution in [-0.2, 0) is 4.79 Å². The molecule has 1 amide bonds. The van der Waals surface area contributed by atoms with E-state index in [0.29, 0.717) is 19.5 Å². The minimum Gasteiger partial charge on any atom is -0.329 e. The van der Waals surface area contributed by atoms with Crippen LogP contribution >= 0.6 is 0 Å². The summed E-state index contributed by atoms with van der Waals surface area (Å²) < 4.78 is 0. The number of hydrogen-bond donors (Lipinski definition) is 2. The van der Waals surface area contributed by atoms with Crippen molar-refractivity contribution in [2.45, 2.75) is 12.3 Å². The summed E-state index contributed by atoms with van der Waals surface area (Å²) in [4.78, 5) is 15.7. The Morgan fingerprint density at radius 3 is 2.81 bits per heavy atom. The van der Waals surface area contributed by atoms with E-state index in [-0.39, 0.29) is 11.8 Å². The Bertz CT molecular complexity index is 400. The molecule has 1 aromatic rings. The van der Waals surface area contributed by atoms with E-state index in [0.717, 1.165) is 11.4 Å². The Morgan fingerprint density at radius 1 is 1.38 bits per heavy atom. The van der Waals surface area contributed by atoms with Crippen molar-refractivity contribution in [3.63, 3.8) is 0 Å². The van der Waals surface area contributed by atoms with Gasteiger partial charge in [0.2, 0.25) is 5.91 Å². The number of benzene rings is 1. The third kappa shape index (κ3) is 2.28. The van der Waals surface area contributed by atoms with Crippen molar-refractivity contribution in [1.82, 2.24) is 5.32 Å². The first-order valence-electron chi connectivity index (χ1n) is 5.40. The molecule has 1 aliphatic rings. The van der Waals surface area contributed by atoms with E-state index in [1.54, 1.807) is 0 Å². The molecule has 4 heteroatoms. The van der Waals surface area contributed by atoms with Gasteiger partial charge in [-0.1, -0.05) is 30.3 Å². The molecule has 4 nitrogen and oxygen atoms in total. The Balaban J connectivity index is 2.22. The summed E-state index contributed by atoms with van der Waals surface area (Å²) in [5.74, 6) is 0.853. The first kappa shape index (κ1) is 10.8. The van der Waals surface area contributed by atoms with E-state index in [1.165, 1.54) is 0 Å². The number of nitrogens with zero attached hydrogens (tertiary/aromatic N) is 1. The summed E-state index contributed by atoms with van der Waals surface area (Å²) >= 11 is 0. The van der Waals surface area contributed by atoms with E-state index < -0.39 is 0 Å². The lowest BCUT2D eigenvalue weighted by molar-refractivity contribution is -0.118. The van der Waals surface area contributed by atoms with Gasteiger partial charge in [0.05, 0.1) is 12.5 Å². The zero-order chi connectivity index (χ0) is 11.4. The molecule has 0 spiro atoms. The first-order valence-corrected chi connectivity index (χ1v) is 5.40. The summed E-state index contributed by atoms with van der Waals surface area (Å²) in [5, 5.41) is 2.79. The second-order valence-corrected chi connectivity index (χ2v) is 3.77. The fraction of sp³-hybridized carbons (Fsp3) is 0.333. The predicted molar refractivity (Wildman–Crippen MR) is 63.3 cm³/mol. The first-order chi connectivity index (χ1) is 7.81. The van der Waals surface area contributed by atoms with Crippen molar-refractivity contribution in [1.29, 1.82) is 0 Å². The minimum atomic E-state index is 0.0321. The summed E-state index contributed by atoms with van der Waals surface area (Å²) in [6.45, 7) is 1.06. The molecule has 1 saturated heterocycles. The zero-order valence-electron chi connectivity index (χ0n) is 9.02. The number of nitrogens with one attached hydrogen (secondary N) is 1. The van der Waals surface area contributed by atoms with Crippen molar-refractivity contribution in [2.24, 2.45) is 10.7 Å². The van der Waals surface area contributed by atoms with Crippen LogP contribution in [-0.4, -0.2) is 24.8 Å². The molecule has 1 heterocycles. The van der Waals surface area contributed by atoms with E-state index in [9.17, 15) is 4.79 Å². The Kier molecular flexibility index (Phi) is 3.31. The fourth-order valence-corrected chi connectivity index (χ4v) is 1.86. The highest BCUT2D eigenvalue weighted by molar-refractivity contribution is 6.08. The number of nitrogens with two attached hydrogens (primary N) is 1. The predicted octanol–water partition coefficient (Wildman–Crippen LogP) is 0.647. The number of carbonyl (C=O) groups is 1. The number of aliphatic imine (C=N–C) groups is 1. The normalized spacial score (nSPS) is 22.4. The molecule has 0 radical (unpaired) electrons. The molecule has 0 bridgehead atoms. The van der Waals surface area contributed by atoms with E-state index in [1.807, 2.05) is 30.3 Å². The van der Waals surface area contributed by atoms with Gasteiger partial charge in [-0.3, -0.25) is 9.79 Å². The van der Waals surface area contributed by atoms with E-state index in [4.69, 9.17) is 5.73 Å². The standard InChI is InChI=1S/C12H15N3O/c13-6-7-14-12-10(8-11(16)15-12)9-4-2-1-3-5-9/h1-5,10H,6-8,13H2,(H,14,15,16). The lowest BCUT2D eigenvalue weighted by Crippen LogP contribution is -2.23. The number of amides is 1. The molecule has 84 valence electrons. The lowest BCUT2D eigenvalue weighted by atomic mass is 9.97. The molecule has 1 atom stereocenters. The van der Waals surface area contributed by atoms with Crippen LogP contribution in [0.5, 0.6) is 0 Å². The van der Waals surface area contributed by atoms with Crippen LogP contribution in [0, 0.1) is 0 Å². The van der Waals surface area contributed by atoms with Gasteiger partial charge in [0.15, 0.2) is 0 Å². The quantitative estimate of drug-likeness (QED) is 0.780. The third-order valence-electron chi connectivity index (χ3n) is 2.60. The highest BCUT2D eigenvalue weighted by Crippen LogP contribution is 2.24. The molecule has 0 aromatic heterocycles. The van der Waals surface area contributed by atoms with Gasteiger partial charge in [0.25, 0.3) is 0 Å². The molecule has 0 saturated carbocycles. The summed E-state index contributed by atoms with van der Waals surface area (Å²) in [5.41, 5.74) is 6.53. The fourth-order valence-electron chi connectivity index (χ4n) is 1.86. The summed E-state index contributed by atoms with van der Waals surface area (Å²) in [6, 6.07) is 9.94. The van der Waals surface area contributed by atoms with Gasteiger partial charge in [0, 0.05) is 13.0 Å². The average Bonchev–Trinajstić information content (AvgIpc) is 2.69. The molecule has 1 aliphatic heterocycles. The molecule has 1 aromatic carbocycles. The van der Waals surface area contributed by atoms with Gasteiger partial charge < -0.3 is 11.1 Å². The molecular formula is C12H15N3O. The van der Waals surface area contributed by atoms with Gasteiger partial charge in [-0.15, -0.1) is 0 Å². The van der Waals surface area contributed by atoms with Crippen LogP contribution in [0.1, 0.15) is 17.9 Å². The lowest BCUT2D eigenvalue weighted by Gasteiger charge is -2.09. The van der Waals surface area contributed by atoms with Gasteiger partial charge in [0.1, 0.15) is 5.84 Å². The van der Waals surface area contributed by atoms with Crippen LogP contribution in [0.15, 0.2) is 35.3 Å². The Hall–Kier alpha value is -1.68. The molecular weight excluding hydrogens is 202 g/mol. The Morgan fingerprint density at radius 2 is 2.12 bits per heavy atom. The SMILES string of the molecule is NCCN=C1NC(=O)CC1c1ccccc1. The van der Waals surface area contributed by atoms with Crippen LogP contribution < -0.4 is 11.1 Å². The van der Waals surface area contributed by atoms with Crippen LogP contribution in [0.3, 0.4) is 0 Å². The molecule has 16 heavy (non-hydrogen) atoms. The monoisotopic (exact) mass is 217 g/mol. The summed E-state index contributed by atoms with van der Waals surface area (Å²) in [7, 11) is 0. The van der Waals surface area contributed by atoms with E-state index in [2.05, 4.69) is 10.3 Å². The molecule has 2 rings (SSSR count). The summed E-state index contributed by atoms with van der Waals surface area (Å²) in [6.07, 6.45) is 0.480. The van der Waals surface area contributed by atoms with Gasteiger partial charge in [-0.25, -0.2) is 0 Å². The molecule has 1 unspecified atom stereocenters. The van der Waals surface area contributed by atoms with Crippen LogP contribution in [0.25, 0.3) is 0 Å². The second kappa shape index (κ2) is 4.90. The number of hydrogen-bond acceptors (Lipinski definition) is 3. The smallest absolute Gasteiger partial charge is 0.226 e. The van der Waals surface area contributed by atoms with Gasteiger partial charge >= 0.3 is 0 Å². The highest BCUT2D eigenvalue weighted by atomic mass is 16.2.